The lowest BCUT2D eigenvalue weighted by Crippen LogP contribution is -2.61. The monoisotopic (exact) mass is 387 g/mol. The zero-order valence-electron chi connectivity index (χ0n) is 15.8. The molecule has 2 heterocycles. The molecule has 2 N–H and O–H groups in total. The Morgan fingerprint density at radius 2 is 1.85 bits per heavy atom. The van der Waals surface area contributed by atoms with Crippen molar-refractivity contribution in [2.24, 2.45) is 17.8 Å². The largest absolute Gasteiger partial charge is 0.338 e. The number of carbonyl (C=O) groups is 2. The first-order valence-corrected chi connectivity index (χ1v) is 11.4. The van der Waals surface area contributed by atoms with Crippen LogP contribution in [0.25, 0.3) is 0 Å². The quantitative estimate of drug-likeness (QED) is 0.833. The molecule has 0 saturated heterocycles. The minimum Gasteiger partial charge on any atom is -0.338 e. The van der Waals surface area contributed by atoms with E-state index < -0.39 is 0 Å². The van der Waals surface area contributed by atoms with Crippen LogP contribution in [0.1, 0.15) is 55.4 Å². The number of rotatable bonds is 4. The van der Waals surface area contributed by atoms with E-state index >= 15 is 0 Å². The molecule has 27 heavy (non-hydrogen) atoms. The van der Waals surface area contributed by atoms with E-state index in [1.165, 1.54) is 29.7 Å². The van der Waals surface area contributed by atoms with Crippen molar-refractivity contribution in [3.8, 4) is 0 Å². The van der Waals surface area contributed by atoms with Crippen LogP contribution in [0.4, 0.5) is 4.79 Å². The standard InChI is InChI=1S/C21H29N3O2S/c25-19(24-5-2-18-17(13-24)3-6-27-18)1-4-22-20(26)23-21-10-14-7-15(11-21)9-16(8-14)12-21/h3,6,14-16H,1-2,4-5,7-13H2,(H2,22,23,26). The lowest BCUT2D eigenvalue weighted by molar-refractivity contribution is -0.131. The molecular formula is C21H29N3O2S. The van der Waals surface area contributed by atoms with E-state index in [4.69, 9.17) is 0 Å². The van der Waals surface area contributed by atoms with Crippen molar-refractivity contribution in [1.29, 1.82) is 0 Å². The molecule has 1 aromatic rings. The fraction of sp³-hybridized carbons (Fsp3) is 0.714. The third-order valence-corrected chi connectivity index (χ3v) is 8.22. The fourth-order valence-electron chi connectivity index (χ4n) is 6.45. The van der Waals surface area contributed by atoms with Crippen LogP contribution in [0.15, 0.2) is 11.4 Å². The predicted molar refractivity (Wildman–Crippen MR) is 105 cm³/mol. The lowest BCUT2D eigenvalue weighted by atomic mass is 9.53. The molecule has 3 amide bonds. The number of nitrogens with zero attached hydrogens (tertiary/aromatic N) is 1. The van der Waals surface area contributed by atoms with Gasteiger partial charge in [-0.3, -0.25) is 4.79 Å². The molecule has 0 atom stereocenters. The molecule has 1 aliphatic heterocycles. The highest BCUT2D eigenvalue weighted by Gasteiger charge is 2.51. The van der Waals surface area contributed by atoms with Gasteiger partial charge >= 0.3 is 6.03 Å². The van der Waals surface area contributed by atoms with Crippen LogP contribution in [0.2, 0.25) is 0 Å². The molecule has 0 aromatic carbocycles. The Morgan fingerprint density at radius 3 is 2.56 bits per heavy atom. The Kier molecular flexibility index (Phi) is 4.42. The number of nitrogens with one attached hydrogen (secondary N) is 2. The Balaban J connectivity index is 1.09. The van der Waals surface area contributed by atoms with Gasteiger partial charge in [0, 0.05) is 36.5 Å². The van der Waals surface area contributed by atoms with E-state index in [0.717, 1.165) is 56.5 Å². The van der Waals surface area contributed by atoms with E-state index in [1.54, 1.807) is 11.3 Å². The van der Waals surface area contributed by atoms with Crippen molar-refractivity contribution in [2.75, 3.05) is 13.1 Å². The highest BCUT2D eigenvalue weighted by molar-refractivity contribution is 7.10. The second kappa shape index (κ2) is 6.80. The average molecular weight is 388 g/mol. The molecule has 4 saturated carbocycles. The fourth-order valence-corrected chi connectivity index (χ4v) is 7.34. The molecule has 6 rings (SSSR count). The highest BCUT2D eigenvalue weighted by atomic mass is 32.1. The van der Waals surface area contributed by atoms with Gasteiger partial charge in [0.1, 0.15) is 0 Å². The molecule has 4 fully saturated rings. The minimum atomic E-state index is -0.0801. The van der Waals surface area contributed by atoms with Crippen LogP contribution in [-0.2, 0) is 17.8 Å². The van der Waals surface area contributed by atoms with Gasteiger partial charge in [-0.25, -0.2) is 4.79 Å². The van der Waals surface area contributed by atoms with Crippen LogP contribution in [0, 0.1) is 17.8 Å². The second-order valence-electron chi connectivity index (χ2n) is 9.26. The number of thiophene rings is 1. The summed E-state index contributed by atoms with van der Waals surface area (Å²) in [5.74, 6) is 2.60. The number of amides is 3. The molecular weight excluding hydrogens is 358 g/mol. The number of hydrogen-bond donors (Lipinski definition) is 2. The average Bonchev–Trinajstić information content (AvgIpc) is 3.07. The summed E-state index contributed by atoms with van der Waals surface area (Å²) in [6.07, 6.45) is 8.93. The molecule has 0 spiro atoms. The first-order valence-electron chi connectivity index (χ1n) is 10.5. The van der Waals surface area contributed by atoms with Crippen LogP contribution >= 0.6 is 11.3 Å². The summed E-state index contributed by atoms with van der Waals surface area (Å²) >= 11 is 1.78. The topological polar surface area (TPSA) is 61.4 Å². The molecule has 0 unspecified atom stereocenters. The highest BCUT2D eigenvalue weighted by Crippen LogP contribution is 2.55. The smallest absolute Gasteiger partial charge is 0.315 e. The van der Waals surface area contributed by atoms with Gasteiger partial charge in [0.25, 0.3) is 0 Å². The zero-order chi connectivity index (χ0) is 18.4. The van der Waals surface area contributed by atoms with Gasteiger partial charge in [-0.05, 0) is 79.7 Å². The maximum absolute atomic E-state index is 12.5. The molecule has 5 nitrogen and oxygen atoms in total. The van der Waals surface area contributed by atoms with Gasteiger partial charge in [0.2, 0.25) is 5.91 Å². The molecule has 0 radical (unpaired) electrons. The summed E-state index contributed by atoms with van der Waals surface area (Å²) in [6, 6.07) is 2.04. The van der Waals surface area contributed by atoms with Gasteiger partial charge in [0.05, 0.1) is 0 Å². The van der Waals surface area contributed by atoms with Crippen LogP contribution in [-0.4, -0.2) is 35.5 Å². The predicted octanol–water partition coefficient (Wildman–Crippen LogP) is 3.29. The summed E-state index contributed by atoms with van der Waals surface area (Å²) in [6.45, 7) is 1.94. The molecule has 4 bridgehead atoms. The van der Waals surface area contributed by atoms with Crippen molar-refractivity contribution in [3.63, 3.8) is 0 Å². The number of urea groups is 1. The van der Waals surface area contributed by atoms with E-state index in [0.29, 0.717) is 13.0 Å². The van der Waals surface area contributed by atoms with Gasteiger partial charge in [-0.15, -0.1) is 11.3 Å². The normalized spacial score (nSPS) is 33.6. The third kappa shape index (κ3) is 3.48. The van der Waals surface area contributed by atoms with Crippen molar-refractivity contribution in [1.82, 2.24) is 15.5 Å². The summed E-state index contributed by atoms with van der Waals surface area (Å²) in [5.41, 5.74) is 1.32. The second-order valence-corrected chi connectivity index (χ2v) is 10.3. The first kappa shape index (κ1) is 17.5. The molecule has 146 valence electrons. The number of fused-ring (bicyclic) bond motifs is 1. The van der Waals surface area contributed by atoms with E-state index in [9.17, 15) is 9.59 Å². The molecule has 6 heteroatoms. The number of carbonyl (C=O) groups excluding carboxylic acids is 2. The van der Waals surface area contributed by atoms with Crippen LogP contribution < -0.4 is 10.6 Å². The summed E-state index contributed by atoms with van der Waals surface area (Å²) < 4.78 is 0. The van der Waals surface area contributed by atoms with Crippen LogP contribution in [0.3, 0.4) is 0 Å². The summed E-state index contributed by atoms with van der Waals surface area (Å²) in [4.78, 5) is 28.3. The minimum absolute atomic E-state index is 0.0328. The van der Waals surface area contributed by atoms with E-state index in [1.807, 2.05) is 4.90 Å². The van der Waals surface area contributed by atoms with Gasteiger partial charge in [-0.1, -0.05) is 0 Å². The molecule has 5 aliphatic rings. The maximum atomic E-state index is 12.5. The van der Waals surface area contributed by atoms with Crippen molar-refractivity contribution in [3.05, 3.63) is 21.9 Å². The van der Waals surface area contributed by atoms with Crippen molar-refractivity contribution < 1.29 is 9.59 Å². The third-order valence-electron chi connectivity index (χ3n) is 7.20. The van der Waals surface area contributed by atoms with Crippen molar-refractivity contribution >= 4 is 23.3 Å². The van der Waals surface area contributed by atoms with Gasteiger partial charge in [0.15, 0.2) is 0 Å². The Bertz CT molecular complexity index is 708. The summed E-state index contributed by atoms with van der Waals surface area (Å²) in [7, 11) is 0. The molecule has 4 aliphatic carbocycles. The summed E-state index contributed by atoms with van der Waals surface area (Å²) in [5, 5.41) is 8.37. The lowest BCUT2D eigenvalue weighted by Gasteiger charge is -2.56. The van der Waals surface area contributed by atoms with E-state index in [-0.39, 0.29) is 17.5 Å². The van der Waals surface area contributed by atoms with Gasteiger partial charge < -0.3 is 15.5 Å². The van der Waals surface area contributed by atoms with Gasteiger partial charge in [-0.2, -0.15) is 0 Å². The maximum Gasteiger partial charge on any atom is 0.315 e. The Morgan fingerprint density at radius 1 is 1.15 bits per heavy atom. The Labute approximate surface area is 164 Å². The zero-order valence-corrected chi connectivity index (χ0v) is 16.7. The molecule has 1 aromatic heterocycles. The van der Waals surface area contributed by atoms with E-state index in [2.05, 4.69) is 22.1 Å². The first-order chi connectivity index (χ1) is 13.1. The van der Waals surface area contributed by atoms with Crippen molar-refractivity contribution in [2.45, 2.75) is 63.5 Å². The number of hydrogen-bond acceptors (Lipinski definition) is 3. The Hall–Kier alpha value is -1.56. The van der Waals surface area contributed by atoms with Crippen LogP contribution in [0.5, 0.6) is 0 Å². The SMILES string of the molecule is O=C(NCCC(=O)N1CCc2sccc2C1)NC12CC3CC(CC(C3)C1)C2.